The molecule has 1 aromatic carbocycles. The molecule has 1 rings (SSSR count). The van der Waals surface area contributed by atoms with Crippen LogP contribution in [0.5, 0.6) is 0 Å². The summed E-state index contributed by atoms with van der Waals surface area (Å²) in [5.74, 6) is 0. The molecular formula is C14H24N2O3. The minimum absolute atomic E-state index is 0.606. The van der Waals surface area contributed by atoms with Gasteiger partial charge in [-0.2, -0.15) is 0 Å². The molecule has 19 heavy (non-hydrogen) atoms. The van der Waals surface area contributed by atoms with Gasteiger partial charge in [-0.25, -0.2) is 0 Å². The van der Waals surface area contributed by atoms with Crippen LogP contribution >= 0.6 is 0 Å². The van der Waals surface area contributed by atoms with Crippen LogP contribution in [-0.4, -0.2) is 53.7 Å². The number of nitrogen functional groups attached to an aromatic ring is 1. The molecule has 0 aliphatic carbocycles. The zero-order chi connectivity index (χ0) is 13.9. The molecule has 1 aromatic rings. The molecule has 0 aliphatic heterocycles. The van der Waals surface area contributed by atoms with Gasteiger partial charge in [0.05, 0.1) is 33.0 Å². The van der Waals surface area contributed by atoms with Gasteiger partial charge in [0, 0.05) is 32.1 Å². The van der Waals surface area contributed by atoms with Crippen molar-refractivity contribution in [3.63, 3.8) is 0 Å². The van der Waals surface area contributed by atoms with Gasteiger partial charge in [-0.05, 0) is 24.3 Å². The summed E-state index contributed by atoms with van der Waals surface area (Å²) in [6.45, 7) is 3.97. The van der Waals surface area contributed by atoms with Crippen LogP contribution in [0.25, 0.3) is 0 Å². The van der Waals surface area contributed by atoms with E-state index in [1.807, 2.05) is 31.3 Å². The normalized spacial score (nSPS) is 10.6. The average Bonchev–Trinajstić information content (AvgIpc) is 2.42. The Morgan fingerprint density at radius 2 is 1.53 bits per heavy atom. The van der Waals surface area contributed by atoms with E-state index in [-0.39, 0.29) is 0 Å². The fraction of sp³-hybridized carbons (Fsp3) is 0.571. The topological polar surface area (TPSA) is 57.0 Å². The summed E-state index contributed by atoms with van der Waals surface area (Å²) in [6, 6.07) is 7.80. The number of nitrogens with two attached hydrogens (primary N) is 1. The van der Waals surface area contributed by atoms with Gasteiger partial charge in [0.15, 0.2) is 0 Å². The Labute approximate surface area is 115 Å². The summed E-state index contributed by atoms with van der Waals surface area (Å²) in [6.07, 6.45) is 0. The first-order valence-electron chi connectivity index (χ1n) is 6.45. The lowest BCUT2D eigenvalue weighted by atomic mass is 10.2. The quantitative estimate of drug-likeness (QED) is 0.513. The molecule has 0 amide bonds. The molecule has 5 heteroatoms. The van der Waals surface area contributed by atoms with E-state index in [9.17, 15) is 0 Å². The zero-order valence-corrected chi connectivity index (χ0v) is 11.8. The summed E-state index contributed by atoms with van der Waals surface area (Å²) >= 11 is 0. The maximum Gasteiger partial charge on any atom is 0.0701 e. The Morgan fingerprint density at radius 3 is 2.16 bits per heavy atom. The lowest BCUT2D eigenvalue weighted by Gasteiger charge is -2.19. The van der Waals surface area contributed by atoms with E-state index in [1.165, 1.54) is 0 Å². The molecule has 2 N–H and O–H groups in total. The molecule has 0 radical (unpaired) electrons. The molecule has 0 bridgehead atoms. The highest BCUT2D eigenvalue weighted by Gasteiger charge is 2.00. The fourth-order valence-electron chi connectivity index (χ4n) is 1.52. The highest BCUT2D eigenvalue weighted by atomic mass is 16.5. The summed E-state index contributed by atoms with van der Waals surface area (Å²) < 4.78 is 15.7. The number of hydrogen-bond acceptors (Lipinski definition) is 5. The van der Waals surface area contributed by atoms with Gasteiger partial charge in [-0.3, -0.25) is 0 Å². The molecule has 0 fully saturated rings. The van der Waals surface area contributed by atoms with Gasteiger partial charge in [0.1, 0.15) is 0 Å². The van der Waals surface area contributed by atoms with Gasteiger partial charge in [-0.1, -0.05) is 0 Å². The highest BCUT2D eigenvalue weighted by molar-refractivity contribution is 5.52. The van der Waals surface area contributed by atoms with E-state index in [4.69, 9.17) is 19.9 Å². The number of methoxy groups -OCH3 is 1. The first-order valence-corrected chi connectivity index (χ1v) is 6.45. The minimum Gasteiger partial charge on any atom is -0.399 e. The summed E-state index contributed by atoms with van der Waals surface area (Å²) in [4.78, 5) is 2.13. The molecule has 0 aliphatic rings. The average molecular weight is 268 g/mol. The Morgan fingerprint density at radius 1 is 0.947 bits per heavy atom. The van der Waals surface area contributed by atoms with Crippen LogP contribution < -0.4 is 10.6 Å². The molecule has 0 heterocycles. The first-order chi connectivity index (χ1) is 9.24. The molecule has 0 aromatic heterocycles. The van der Waals surface area contributed by atoms with Crippen molar-refractivity contribution < 1.29 is 14.2 Å². The van der Waals surface area contributed by atoms with Gasteiger partial charge in [-0.15, -0.1) is 0 Å². The predicted octanol–water partition coefficient (Wildman–Crippen LogP) is 1.38. The van der Waals surface area contributed by atoms with E-state index in [0.29, 0.717) is 33.0 Å². The molecule has 0 atom stereocenters. The van der Waals surface area contributed by atoms with Crippen LogP contribution in [0, 0.1) is 0 Å². The van der Waals surface area contributed by atoms with Crippen molar-refractivity contribution in [3.8, 4) is 0 Å². The van der Waals surface area contributed by atoms with Gasteiger partial charge in [0.2, 0.25) is 0 Å². The van der Waals surface area contributed by atoms with Crippen molar-refractivity contribution in [1.82, 2.24) is 0 Å². The van der Waals surface area contributed by atoms with Crippen LogP contribution in [0.2, 0.25) is 0 Å². The third-order valence-corrected chi connectivity index (χ3v) is 2.71. The minimum atomic E-state index is 0.606. The maximum atomic E-state index is 5.65. The second kappa shape index (κ2) is 9.61. The third kappa shape index (κ3) is 7.00. The van der Waals surface area contributed by atoms with E-state index in [2.05, 4.69) is 4.90 Å². The molecule has 0 unspecified atom stereocenters. The SMILES string of the molecule is COCCOCCOCCN(C)c1ccc(N)cc1. The van der Waals surface area contributed by atoms with Gasteiger partial charge >= 0.3 is 0 Å². The van der Waals surface area contributed by atoms with Crippen molar-refractivity contribution in [1.29, 1.82) is 0 Å². The highest BCUT2D eigenvalue weighted by Crippen LogP contribution is 2.14. The van der Waals surface area contributed by atoms with Crippen molar-refractivity contribution >= 4 is 11.4 Å². The lowest BCUT2D eigenvalue weighted by molar-refractivity contribution is 0.0266. The number of likely N-dealkylation sites (N-methyl/N-ethyl adjacent to an activating group) is 1. The van der Waals surface area contributed by atoms with Crippen LogP contribution in [0.3, 0.4) is 0 Å². The summed E-state index contributed by atoms with van der Waals surface area (Å²) in [7, 11) is 3.69. The lowest BCUT2D eigenvalue weighted by Crippen LogP contribution is -2.23. The molecule has 0 spiro atoms. The zero-order valence-electron chi connectivity index (χ0n) is 11.8. The maximum absolute atomic E-state index is 5.65. The van der Waals surface area contributed by atoms with E-state index in [0.717, 1.165) is 17.9 Å². The monoisotopic (exact) mass is 268 g/mol. The second-order valence-corrected chi connectivity index (χ2v) is 4.23. The van der Waals surface area contributed by atoms with Crippen LogP contribution in [0.1, 0.15) is 0 Å². The summed E-state index contributed by atoms with van der Waals surface area (Å²) in [5, 5.41) is 0. The number of rotatable bonds is 10. The van der Waals surface area contributed by atoms with E-state index in [1.54, 1.807) is 7.11 Å². The molecule has 108 valence electrons. The van der Waals surface area contributed by atoms with Crippen LogP contribution in [0.4, 0.5) is 11.4 Å². The van der Waals surface area contributed by atoms with Crippen molar-refractivity contribution in [2.24, 2.45) is 0 Å². The number of hydrogen-bond donors (Lipinski definition) is 1. The fourth-order valence-corrected chi connectivity index (χ4v) is 1.52. The Bertz CT molecular complexity index is 330. The Balaban J connectivity index is 2.04. The van der Waals surface area contributed by atoms with Crippen molar-refractivity contribution in [2.45, 2.75) is 0 Å². The van der Waals surface area contributed by atoms with Crippen LogP contribution in [0.15, 0.2) is 24.3 Å². The van der Waals surface area contributed by atoms with E-state index >= 15 is 0 Å². The number of nitrogens with zero attached hydrogens (tertiary/aromatic N) is 1. The number of ether oxygens (including phenoxy) is 3. The van der Waals surface area contributed by atoms with Crippen molar-refractivity contribution in [2.75, 3.05) is 64.4 Å². The predicted molar refractivity (Wildman–Crippen MR) is 77.6 cm³/mol. The van der Waals surface area contributed by atoms with Crippen LogP contribution in [-0.2, 0) is 14.2 Å². The van der Waals surface area contributed by atoms with Crippen molar-refractivity contribution in [3.05, 3.63) is 24.3 Å². The second-order valence-electron chi connectivity index (χ2n) is 4.23. The molecule has 0 saturated heterocycles. The molecule has 5 nitrogen and oxygen atoms in total. The number of anilines is 2. The Hall–Kier alpha value is -1.30. The summed E-state index contributed by atoms with van der Waals surface area (Å²) in [5.41, 5.74) is 7.56. The number of benzene rings is 1. The molecular weight excluding hydrogens is 244 g/mol. The first kappa shape index (κ1) is 15.8. The van der Waals surface area contributed by atoms with Gasteiger partial charge in [0.25, 0.3) is 0 Å². The third-order valence-electron chi connectivity index (χ3n) is 2.71. The van der Waals surface area contributed by atoms with E-state index < -0.39 is 0 Å². The largest absolute Gasteiger partial charge is 0.399 e. The Kier molecular flexibility index (Phi) is 7.97. The standard InChI is InChI=1S/C14H24N2O3/c1-16(14-5-3-13(15)4-6-14)7-8-18-11-12-19-10-9-17-2/h3-6H,7-12,15H2,1-2H3. The van der Waals surface area contributed by atoms with Gasteiger partial charge < -0.3 is 24.8 Å². The smallest absolute Gasteiger partial charge is 0.0701 e. The molecule has 0 saturated carbocycles.